The summed E-state index contributed by atoms with van der Waals surface area (Å²) in [4.78, 5) is 15.7. The zero-order valence-corrected chi connectivity index (χ0v) is 14.7. The van der Waals surface area contributed by atoms with Crippen molar-refractivity contribution in [3.63, 3.8) is 0 Å². The maximum Gasteiger partial charge on any atom is 0.373 e. The number of hydrogen-bond donors (Lipinski definition) is 0. The Kier molecular flexibility index (Phi) is 5.68. The second-order valence-corrected chi connectivity index (χ2v) is 5.69. The molecule has 0 aliphatic carbocycles. The molecule has 7 nitrogen and oxygen atoms in total. The van der Waals surface area contributed by atoms with Crippen molar-refractivity contribution >= 4 is 5.97 Å². The molecular formula is C19H20N2O5. The van der Waals surface area contributed by atoms with Gasteiger partial charge in [0, 0.05) is 12.0 Å². The number of aromatic nitrogens is 2. The Morgan fingerprint density at radius 3 is 2.69 bits per heavy atom. The molecule has 0 saturated heterocycles. The van der Waals surface area contributed by atoms with Crippen molar-refractivity contribution in [1.29, 1.82) is 0 Å². The summed E-state index contributed by atoms with van der Waals surface area (Å²) >= 11 is 0. The summed E-state index contributed by atoms with van der Waals surface area (Å²) < 4.78 is 20.9. The quantitative estimate of drug-likeness (QED) is 0.563. The largest absolute Gasteiger partial charge is 0.486 e. The van der Waals surface area contributed by atoms with Crippen LogP contribution in [0.3, 0.4) is 0 Å². The van der Waals surface area contributed by atoms with Crippen molar-refractivity contribution in [2.24, 2.45) is 0 Å². The first kappa shape index (κ1) is 17.7. The van der Waals surface area contributed by atoms with Crippen molar-refractivity contribution < 1.29 is 23.2 Å². The van der Waals surface area contributed by atoms with Crippen LogP contribution in [0.4, 0.5) is 0 Å². The van der Waals surface area contributed by atoms with Gasteiger partial charge in [0.05, 0.1) is 7.11 Å². The number of hydrogen-bond acceptors (Lipinski definition) is 7. The molecule has 0 aliphatic heterocycles. The molecule has 0 fully saturated rings. The van der Waals surface area contributed by atoms with Crippen LogP contribution < -0.4 is 4.74 Å². The lowest BCUT2D eigenvalue weighted by Crippen LogP contribution is -1.99. The monoisotopic (exact) mass is 356 g/mol. The molecule has 2 heterocycles. The Labute approximate surface area is 150 Å². The van der Waals surface area contributed by atoms with Crippen LogP contribution in [0.15, 0.2) is 45.3 Å². The van der Waals surface area contributed by atoms with E-state index in [2.05, 4.69) is 21.8 Å². The maximum absolute atomic E-state index is 11.4. The highest BCUT2D eigenvalue weighted by Gasteiger charge is 2.12. The first-order valence-electron chi connectivity index (χ1n) is 8.42. The van der Waals surface area contributed by atoms with Crippen molar-refractivity contribution in [2.75, 3.05) is 7.11 Å². The fourth-order valence-electron chi connectivity index (χ4n) is 2.32. The van der Waals surface area contributed by atoms with Crippen molar-refractivity contribution in [1.82, 2.24) is 10.1 Å². The van der Waals surface area contributed by atoms with Crippen molar-refractivity contribution in [3.05, 3.63) is 53.8 Å². The molecule has 2 aromatic heterocycles. The Hall–Kier alpha value is -3.09. The predicted molar refractivity (Wildman–Crippen MR) is 92.7 cm³/mol. The topological polar surface area (TPSA) is 87.6 Å². The van der Waals surface area contributed by atoms with Gasteiger partial charge in [-0.05, 0) is 42.8 Å². The van der Waals surface area contributed by atoms with E-state index in [0.717, 1.165) is 24.8 Å². The average molecular weight is 356 g/mol. The Morgan fingerprint density at radius 2 is 1.96 bits per heavy atom. The van der Waals surface area contributed by atoms with Gasteiger partial charge in [0.1, 0.15) is 18.1 Å². The summed E-state index contributed by atoms with van der Waals surface area (Å²) in [7, 11) is 1.30. The van der Waals surface area contributed by atoms with Crippen LogP contribution >= 0.6 is 0 Å². The third-order valence-electron chi connectivity index (χ3n) is 3.75. The molecule has 0 bridgehead atoms. The number of esters is 1. The molecular weight excluding hydrogens is 336 g/mol. The van der Waals surface area contributed by atoms with Gasteiger partial charge in [-0.2, -0.15) is 4.98 Å². The molecule has 0 atom stereocenters. The van der Waals surface area contributed by atoms with Crippen LogP contribution in [-0.2, 0) is 17.8 Å². The van der Waals surface area contributed by atoms with Crippen LogP contribution in [0.25, 0.3) is 11.4 Å². The van der Waals surface area contributed by atoms with Gasteiger partial charge in [-0.1, -0.05) is 18.5 Å². The highest BCUT2D eigenvalue weighted by molar-refractivity contribution is 5.86. The first-order valence-corrected chi connectivity index (χ1v) is 8.42. The first-order chi connectivity index (χ1) is 12.7. The average Bonchev–Trinajstić information content (AvgIpc) is 3.34. The maximum atomic E-state index is 11.4. The van der Waals surface area contributed by atoms with E-state index in [1.165, 1.54) is 7.11 Å². The molecule has 3 rings (SSSR count). The number of nitrogens with zero attached hydrogens (tertiary/aromatic N) is 2. The number of ether oxygens (including phenoxy) is 2. The smallest absolute Gasteiger partial charge is 0.373 e. The lowest BCUT2D eigenvalue weighted by molar-refractivity contribution is 0.0561. The predicted octanol–water partition coefficient (Wildman–Crippen LogP) is 4.04. The van der Waals surface area contributed by atoms with Gasteiger partial charge in [-0.3, -0.25) is 0 Å². The summed E-state index contributed by atoms with van der Waals surface area (Å²) in [6.45, 7) is 2.33. The van der Waals surface area contributed by atoms with E-state index in [9.17, 15) is 4.79 Å². The van der Waals surface area contributed by atoms with Crippen molar-refractivity contribution in [2.45, 2.75) is 32.8 Å². The molecule has 7 heteroatoms. The summed E-state index contributed by atoms with van der Waals surface area (Å²) in [5.74, 6) is 2.06. The van der Waals surface area contributed by atoms with Gasteiger partial charge < -0.3 is 18.4 Å². The normalized spacial score (nSPS) is 10.7. The molecule has 0 amide bonds. The molecule has 0 saturated carbocycles. The minimum absolute atomic E-state index is 0.150. The molecule has 26 heavy (non-hydrogen) atoms. The number of rotatable bonds is 8. The van der Waals surface area contributed by atoms with Crippen LogP contribution in [-0.4, -0.2) is 23.2 Å². The minimum Gasteiger partial charge on any atom is -0.486 e. The lowest BCUT2D eigenvalue weighted by atomic mass is 10.2. The molecule has 1 aromatic carbocycles. The van der Waals surface area contributed by atoms with Gasteiger partial charge in [-0.25, -0.2) is 4.79 Å². The van der Waals surface area contributed by atoms with Gasteiger partial charge in [-0.15, -0.1) is 0 Å². The van der Waals surface area contributed by atoms with Gasteiger partial charge in [0.15, 0.2) is 0 Å². The van der Waals surface area contributed by atoms with E-state index in [0.29, 0.717) is 23.2 Å². The Morgan fingerprint density at radius 1 is 1.15 bits per heavy atom. The summed E-state index contributed by atoms with van der Waals surface area (Å²) in [5, 5.41) is 4.00. The van der Waals surface area contributed by atoms with Crippen LogP contribution in [0.2, 0.25) is 0 Å². The van der Waals surface area contributed by atoms with Crippen LogP contribution in [0.1, 0.15) is 42.0 Å². The summed E-state index contributed by atoms with van der Waals surface area (Å²) in [6, 6.07) is 10.6. The van der Waals surface area contributed by atoms with Gasteiger partial charge in [0.25, 0.3) is 0 Å². The standard InChI is InChI=1S/C19H20N2O5/c1-3-4-5-17-20-18(21-26-17)13-6-8-14(9-7-13)24-12-15-10-11-16(25-15)19(22)23-2/h6-11H,3-5,12H2,1-2H3. The second kappa shape index (κ2) is 8.33. The third-order valence-corrected chi connectivity index (χ3v) is 3.75. The molecule has 0 spiro atoms. The molecule has 0 N–H and O–H groups in total. The minimum atomic E-state index is -0.515. The van der Waals surface area contributed by atoms with Crippen LogP contribution in [0.5, 0.6) is 5.75 Å². The number of methoxy groups -OCH3 is 1. The van der Waals surface area contributed by atoms with E-state index in [4.69, 9.17) is 13.7 Å². The summed E-state index contributed by atoms with van der Waals surface area (Å²) in [5.41, 5.74) is 0.856. The number of carbonyl (C=O) groups excluding carboxylic acids is 1. The fraction of sp³-hybridized carbons (Fsp3) is 0.316. The van der Waals surface area contributed by atoms with Gasteiger partial charge in [0.2, 0.25) is 17.5 Å². The molecule has 136 valence electrons. The van der Waals surface area contributed by atoms with E-state index in [1.54, 1.807) is 12.1 Å². The lowest BCUT2D eigenvalue weighted by Gasteiger charge is -2.04. The molecule has 3 aromatic rings. The second-order valence-electron chi connectivity index (χ2n) is 5.69. The Bertz CT molecular complexity index is 851. The van der Waals surface area contributed by atoms with Crippen LogP contribution in [0, 0.1) is 0 Å². The fourth-order valence-corrected chi connectivity index (χ4v) is 2.32. The Balaban J connectivity index is 1.58. The molecule has 0 radical (unpaired) electrons. The molecule has 0 aliphatic rings. The van der Waals surface area contributed by atoms with E-state index >= 15 is 0 Å². The van der Waals surface area contributed by atoms with E-state index < -0.39 is 5.97 Å². The number of benzene rings is 1. The van der Waals surface area contributed by atoms with Crippen molar-refractivity contribution in [3.8, 4) is 17.1 Å². The third kappa shape index (κ3) is 4.30. The van der Waals surface area contributed by atoms with Gasteiger partial charge >= 0.3 is 5.97 Å². The molecule has 0 unspecified atom stereocenters. The van der Waals surface area contributed by atoms with E-state index in [-0.39, 0.29) is 12.4 Å². The highest BCUT2D eigenvalue weighted by Crippen LogP contribution is 2.21. The zero-order chi connectivity index (χ0) is 18.4. The number of unbranched alkanes of at least 4 members (excludes halogenated alkanes) is 1. The SMILES string of the molecule is CCCCc1nc(-c2ccc(OCc3ccc(C(=O)OC)o3)cc2)no1. The zero-order valence-electron chi connectivity index (χ0n) is 14.7. The number of aryl methyl sites for hydroxylation is 1. The number of carbonyl (C=O) groups is 1. The summed E-state index contributed by atoms with van der Waals surface area (Å²) in [6.07, 6.45) is 2.90. The number of furan rings is 1. The van der Waals surface area contributed by atoms with E-state index in [1.807, 2.05) is 24.3 Å². The highest BCUT2D eigenvalue weighted by atomic mass is 16.5.